The van der Waals surface area contributed by atoms with Crippen LogP contribution in [0.25, 0.3) is 11.3 Å². The maximum absolute atomic E-state index is 12.4. The van der Waals surface area contributed by atoms with Crippen LogP contribution in [0.1, 0.15) is 32.6 Å². The van der Waals surface area contributed by atoms with Crippen LogP contribution < -0.4 is 4.90 Å². The lowest BCUT2D eigenvalue weighted by molar-refractivity contribution is -0.118. The van der Waals surface area contributed by atoms with Gasteiger partial charge in [-0.15, -0.1) is 17.4 Å². The monoisotopic (exact) mass is 308 g/mol. The summed E-state index contributed by atoms with van der Waals surface area (Å²) in [7, 11) is 0. The molecule has 1 heterocycles. The van der Waals surface area contributed by atoms with Gasteiger partial charge in [-0.1, -0.05) is 43.7 Å². The Hall–Kier alpha value is -2.74. The van der Waals surface area contributed by atoms with E-state index in [4.69, 9.17) is 6.42 Å². The molecular weight excluding hydrogens is 288 g/mol. The number of benzene rings is 1. The summed E-state index contributed by atoms with van der Waals surface area (Å²) in [6.45, 7) is 2.64. The molecule has 118 valence electrons. The Kier molecular flexibility index (Phi) is 6.25. The predicted molar refractivity (Wildman–Crippen MR) is 90.6 cm³/mol. The first kappa shape index (κ1) is 16.6. The SMILES string of the molecule is C#CCCC(=O)N(CCCC)c1nncc(-c2ccccc2)n1. The molecular formula is C18H20N4O. The normalized spacial score (nSPS) is 10.1. The number of carbonyl (C=O) groups excluding carboxylic acids is 1. The molecule has 2 rings (SSSR count). The Balaban J connectivity index is 2.27. The summed E-state index contributed by atoms with van der Waals surface area (Å²) in [5, 5.41) is 8.05. The molecule has 2 aromatic rings. The van der Waals surface area contributed by atoms with Gasteiger partial charge in [0.15, 0.2) is 0 Å². The van der Waals surface area contributed by atoms with Gasteiger partial charge in [0.1, 0.15) is 0 Å². The van der Waals surface area contributed by atoms with Crippen LogP contribution in [0.4, 0.5) is 5.95 Å². The average molecular weight is 308 g/mol. The Labute approximate surface area is 136 Å². The zero-order chi connectivity index (χ0) is 16.5. The fraction of sp³-hybridized carbons (Fsp3) is 0.333. The highest BCUT2D eigenvalue weighted by molar-refractivity contribution is 5.91. The van der Waals surface area contributed by atoms with E-state index < -0.39 is 0 Å². The minimum atomic E-state index is -0.0663. The lowest BCUT2D eigenvalue weighted by Crippen LogP contribution is -2.33. The summed E-state index contributed by atoms with van der Waals surface area (Å²) in [5.41, 5.74) is 1.64. The number of anilines is 1. The van der Waals surface area contributed by atoms with Gasteiger partial charge in [0, 0.05) is 24.9 Å². The van der Waals surface area contributed by atoms with Crippen LogP contribution >= 0.6 is 0 Å². The van der Waals surface area contributed by atoms with E-state index in [2.05, 4.69) is 28.0 Å². The van der Waals surface area contributed by atoms with E-state index in [-0.39, 0.29) is 5.91 Å². The smallest absolute Gasteiger partial charge is 0.252 e. The first-order valence-electron chi connectivity index (χ1n) is 7.75. The second kappa shape index (κ2) is 8.64. The highest BCUT2D eigenvalue weighted by Crippen LogP contribution is 2.18. The summed E-state index contributed by atoms with van der Waals surface area (Å²) in [4.78, 5) is 18.5. The first-order valence-corrected chi connectivity index (χ1v) is 7.75. The zero-order valence-corrected chi connectivity index (χ0v) is 13.3. The van der Waals surface area contributed by atoms with Crippen molar-refractivity contribution in [2.75, 3.05) is 11.4 Å². The molecule has 0 fully saturated rings. The molecule has 0 N–H and O–H groups in total. The Bertz CT molecular complexity index is 679. The highest BCUT2D eigenvalue weighted by atomic mass is 16.2. The molecule has 0 bridgehead atoms. The van der Waals surface area contributed by atoms with Crippen molar-refractivity contribution in [3.8, 4) is 23.6 Å². The highest BCUT2D eigenvalue weighted by Gasteiger charge is 2.18. The average Bonchev–Trinajstić information content (AvgIpc) is 2.61. The van der Waals surface area contributed by atoms with Gasteiger partial charge in [-0.05, 0) is 6.42 Å². The number of terminal acetylenes is 1. The third-order valence-corrected chi connectivity index (χ3v) is 3.38. The van der Waals surface area contributed by atoms with Crippen molar-refractivity contribution in [2.24, 2.45) is 0 Å². The van der Waals surface area contributed by atoms with Crippen molar-refractivity contribution in [3.63, 3.8) is 0 Å². The molecule has 0 aliphatic rings. The van der Waals surface area contributed by atoms with Gasteiger partial charge in [-0.2, -0.15) is 5.10 Å². The topological polar surface area (TPSA) is 59.0 Å². The van der Waals surface area contributed by atoms with Crippen LogP contribution in [0.3, 0.4) is 0 Å². The van der Waals surface area contributed by atoms with Crippen molar-refractivity contribution in [2.45, 2.75) is 32.6 Å². The van der Waals surface area contributed by atoms with Crippen LogP contribution in [0.2, 0.25) is 0 Å². The van der Waals surface area contributed by atoms with Crippen molar-refractivity contribution in [1.29, 1.82) is 0 Å². The van der Waals surface area contributed by atoms with Crippen LogP contribution in [0.5, 0.6) is 0 Å². The van der Waals surface area contributed by atoms with Crippen molar-refractivity contribution in [1.82, 2.24) is 15.2 Å². The van der Waals surface area contributed by atoms with Crippen LogP contribution in [0.15, 0.2) is 36.5 Å². The molecule has 0 aliphatic heterocycles. The molecule has 0 atom stereocenters. The minimum absolute atomic E-state index is 0.0663. The molecule has 1 aromatic heterocycles. The van der Waals surface area contributed by atoms with E-state index in [9.17, 15) is 4.79 Å². The van der Waals surface area contributed by atoms with Gasteiger partial charge in [0.2, 0.25) is 5.91 Å². The third kappa shape index (κ3) is 4.62. The van der Waals surface area contributed by atoms with Gasteiger partial charge in [0.25, 0.3) is 5.95 Å². The molecule has 5 heteroatoms. The maximum atomic E-state index is 12.4. The molecule has 0 radical (unpaired) electrons. The standard InChI is InChI=1S/C18H20N4O/c1-3-5-12-17(23)22(13-6-4-2)18-20-16(14-19-21-18)15-10-8-7-9-11-15/h1,7-11,14H,4-6,12-13H2,2H3. The molecule has 0 spiro atoms. The van der Waals surface area contributed by atoms with Crippen LogP contribution in [-0.2, 0) is 4.79 Å². The van der Waals surface area contributed by atoms with E-state index in [0.717, 1.165) is 18.4 Å². The molecule has 0 unspecified atom stereocenters. The number of rotatable bonds is 7. The quantitative estimate of drug-likeness (QED) is 0.738. The molecule has 23 heavy (non-hydrogen) atoms. The number of unbranched alkanes of at least 4 members (excludes halogenated alkanes) is 1. The summed E-state index contributed by atoms with van der Waals surface area (Å²) in [6.07, 6.45) is 9.40. The largest absolute Gasteiger partial charge is 0.279 e. The minimum Gasteiger partial charge on any atom is -0.279 e. The fourth-order valence-electron chi connectivity index (χ4n) is 2.12. The Morgan fingerprint density at radius 3 is 2.78 bits per heavy atom. The van der Waals surface area contributed by atoms with Crippen molar-refractivity contribution in [3.05, 3.63) is 36.5 Å². The van der Waals surface area contributed by atoms with Gasteiger partial charge < -0.3 is 0 Å². The van der Waals surface area contributed by atoms with Gasteiger partial charge >= 0.3 is 0 Å². The number of hydrogen-bond donors (Lipinski definition) is 0. The van der Waals surface area contributed by atoms with Crippen molar-refractivity contribution >= 4 is 11.9 Å². The van der Waals surface area contributed by atoms with E-state index >= 15 is 0 Å². The van der Waals surface area contributed by atoms with Crippen molar-refractivity contribution < 1.29 is 4.79 Å². The second-order valence-corrected chi connectivity index (χ2v) is 5.11. The van der Waals surface area contributed by atoms with E-state index in [1.165, 1.54) is 0 Å². The summed E-state index contributed by atoms with van der Waals surface area (Å²) < 4.78 is 0. The molecule has 1 amide bonds. The molecule has 0 saturated heterocycles. The molecule has 5 nitrogen and oxygen atoms in total. The second-order valence-electron chi connectivity index (χ2n) is 5.11. The Morgan fingerprint density at radius 1 is 1.30 bits per heavy atom. The van der Waals surface area contributed by atoms with Gasteiger partial charge in [-0.25, -0.2) is 4.98 Å². The number of hydrogen-bond acceptors (Lipinski definition) is 4. The lowest BCUT2D eigenvalue weighted by atomic mass is 10.2. The fourth-order valence-corrected chi connectivity index (χ4v) is 2.12. The summed E-state index contributed by atoms with van der Waals surface area (Å²) >= 11 is 0. The molecule has 1 aromatic carbocycles. The predicted octanol–water partition coefficient (Wildman–Crippen LogP) is 3.09. The third-order valence-electron chi connectivity index (χ3n) is 3.38. The zero-order valence-electron chi connectivity index (χ0n) is 13.3. The van der Waals surface area contributed by atoms with Crippen LogP contribution in [-0.4, -0.2) is 27.6 Å². The molecule has 0 saturated carbocycles. The first-order chi connectivity index (χ1) is 11.3. The lowest BCUT2D eigenvalue weighted by Gasteiger charge is -2.20. The number of aromatic nitrogens is 3. The molecule has 0 aliphatic carbocycles. The summed E-state index contributed by atoms with van der Waals surface area (Å²) in [5.74, 6) is 2.76. The number of nitrogens with zero attached hydrogens (tertiary/aromatic N) is 4. The maximum Gasteiger partial charge on any atom is 0.252 e. The van der Waals surface area contributed by atoms with E-state index in [0.29, 0.717) is 31.0 Å². The number of amides is 1. The van der Waals surface area contributed by atoms with E-state index in [1.807, 2.05) is 30.3 Å². The van der Waals surface area contributed by atoms with Gasteiger partial charge in [-0.3, -0.25) is 9.69 Å². The number of carbonyl (C=O) groups is 1. The van der Waals surface area contributed by atoms with E-state index in [1.54, 1.807) is 11.1 Å². The van der Waals surface area contributed by atoms with Crippen LogP contribution in [0, 0.1) is 12.3 Å². The summed E-state index contributed by atoms with van der Waals surface area (Å²) in [6, 6.07) is 9.71. The Morgan fingerprint density at radius 2 is 2.09 bits per heavy atom. The van der Waals surface area contributed by atoms with Gasteiger partial charge in [0.05, 0.1) is 11.9 Å².